The van der Waals surface area contributed by atoms with Crippen molar-refractivity contribution < 1.29 is 9.53 Å². The third-order valence-corrected chi connectivity index (χ3v) is 3.32. The van der Waals surface area contributed by atoms with E-state index in [2.05, 4.69) is 24.8 Å². The van der Waals surface area contributed by atoms with Crippen LogP contribution in [0.3, 0.4) is 0 Å². The van der Waals surface area contributed by atoms with Gasteiger partial charge in [0.15, 0.2) is 0 Å². The van der Waals surface area contributed by atoms with E-state index >= 15 is 0 Å². The third kappa shape index (κ3) is 10.5. The molecule has 0 saturated heterocycles. The summed E-state index contributed by atoms with van der Waals surface area (Å²) >= 11 is 0. The molecule has 0 fully saturated rings. The maximum absolute atomic E-state index is 11.2. The van der Waals surface area contributed by atoms with E-state index in [0.717, 1.165) is 12.0 Å². The molecular formula is C17H30O2. The standard InChI is InChI=1S/C17H30O2/c1-5-6-7-8-9-10-11-12-13-15(2)14-16(3)17(18)19-4/h2-3,5-14H2,1,4H3. The van der Waals surface area contributed by atoms with Gasteiger partial charge in [0.2, 0.25) is 0 Å². The highest BCUT2D eigenvalue weighted by Gasteiger charge is 2.07. The first-order chi connectivity index (χ1) is 9.11. The van der Waals surface area contributed by atoms with Crippen LogP contribution in [0.5, 0.6) is 0 Å². The fourth-order valence-electron chi connectivity index (χ4n) is 2.12. The van der Waals surface area contributed by atoms with Crippen molar-refractivity contribution in [2.75, 3.05) is 7.11 Å². The molecule has 0 aliphatic heterocycles. The summed E-state index contributed by atoms with van der Waals surface area (Å²) < 4.78 is 4.62. The number of hydrogen-bond acceptors (Lipinski definition) is 2. The number of allylic oxidation sites excluding steroid dienone is 1. The van der Waals surface area contributed by atoms with Crippen molar-refractivity contribution in [1.82, 2.24) is 0 Å². The molecule has 2 heteroatoms. The van der Waals surface area contributed by atoms with E-state index in [-0.39, 0.29) is 5.97 Å². The number of methoxy groups -OCH3 is 1. The summed E-state index contributed by atoms with van der Waals surface area (Å²) in [7, 11) is 1.38. The van der Waals surface area contributed by atoms with Gasteiger partial charge in [-0.15, -0.1) is 0 Å². The van der Waals surface area contributed by atoms with Gasteiger partial charge >= 0.3 is 5.97 Å². The lowest BCUT2D eigenvalue weighted by atomic mass is 10.0. The Morgan fingerprint density at radius 2 is 1.47 bits per heavy atom. The summed E-state index contributed by atoms with van der Waals surface area (Å²) in [5.41, 5.74) is 1.59. The summed E-state index contributed by atoms with van der Waals surface area (Å²) in [6.07, 6.45) is 12.1. The second-order valence-corrected chi connectivity index (χ2v) is 5.25. The lowest BCUT2D eigenvalue weighted by molar-refractivity contribution is -0.136. The molecule has 0 aliphatic rings. The molecule has 0 saturated carbocycles. The Kier molecular flexibility index (Phi) is 11.3. The molecule has 0 aromatic carbocycles. The van der Waals surface area contributed by atoms with Crippen molar-refractivity contribution in [2.45, 2.75) is 71.1 Å². The van der Waals surface area contributed by atoms with E-state index in [1.54, 1.807) is 0 Å². The Labute approximate surface area is 118 Å². The van der Waals surface area contributed by atoms with E-state index in [1.165, 1.54) is 58.5 Å². The number of carbonyl (C=O) groups excluding carboxylic acids is 1. The van der Waals surface area contributed by atoms with E-state index < -0.39 is 0 Å². The minimum atomic E-state index is -0.322. The smallest absolute Gasteiger partial charge is 0.333 e. The highest BCUT2D eigenvalue weighted by molar-refractivity contribution is 5.88. The zero-order chi connectivity index (χ0) is 14.5. The minimum Gasteiger partial charge on any atom is -0.466 e. The predicted molar refractivity (Wildman–Crippen MR) is 82.1 cm³/mol. The Hall–Kier alpha value is -1.05. The molecule has 0 aromatic heterocycles. The molecular weight excluding hydrogens is 236 g/mol. The van der Waals surface area contributed by atoms with Gasteiger partial charge in [-0.2, -0.15) is 0 Å². The number of rotatable bonds is 12. The van der Waals surface area contributed by atoms with Gasteiger partial charge in [-0.1, -0.05) is 70.6 Å². The summed E-state index contributed by atoms with van der Waals surface area (Å²) in [5, 5.41) is 0. The third-order valence-electron chi connectivity index (χ3n) is 3.32. The van der Waals surface area contributed by atoms with E-state index in [0.29, 0.717) is 12.0 Å². The Balaban J connectivity index is 3.44. The highest BCUT2D eigenvalue weighted by Crippen LogP contribution is 2.17. The van der Waals surface area contributed by atoms with Crippen LogP contribution in [-0.2, 0) is 9.53 Å². The average Bonchev–Trinajstić information content (AvgIpc) is 2.40. The Morgan fingerprint density at radius 1 is 0.947 bits per heavy atom. The van der Waals surface area contributed by atoms with Gasteiger partial charge < -0.3 is 4.74 Å². The van der Waals surface area contributed by atoms with Crippen LogP contribution in [0, 0.1) is 0 Å². The first-order valence-electron chi connectivity index (χ1n) is 7.54. The van der Waals surface area contributed by atoms with Crippen LogP contribution < -0.4 is 0 Å². The lowest BCUT2D eigenvalue weighted by Gasteiger charge is -2.07. The van der Waals surface area contributed by atoms with Gasteiger partial charge in [0.1, 0.15) is 0 Å². The summed E-state index contributed by atoms with van der Waals surface area (Å²) in [6, 6.07) is 0. The van der Waals surface area contributed by atoms with Crippen molar-refractivity contribution in [3.05, 3.63) is 24.3 Å². The van der Waals surface area contributed by atoms with Crippen LogP contribution >= 0.6 is 0 Å². The Morgan fingerprint density at radius 3 is 2.00 bits per heavy atom. The van der Waals surface area contributed by atoms with Gasteiger partial charge in [0.05, 0.1) is 7.11 Å². The zero-order valence-electron chi connectivity index (χ0n) is 12.8. The lowest BCUT2D eigenvalue weighted by Crippen LogP contribution is -2.04. The monoisotopic (exact) mass is 266 g/mol. The van der Waals surface area contributed by atoms with Crippen LogP contribution in [0.15, 0.2) is 24.3 Å². The van der Waals surface area contributed by atoms with Crippen LogP contribution in [0.4, 0.5) is 0 Å². The van der Waals surface area contributed by atoms with Crippen molar-refractivity contribution >= 4 is 5.97 Å². The SMILES string of the molecule is C=C(CCCCCCCCCC)CC(=C)C(=O)OC. The van der Waals surface area contributed by atoms with Gasteiger partial charge in [0, 0.05) is 5.57 Å². The molecule has 2 nitrogen and oxygen atoms in total. The van der Waals surface area contributed by atoms with Gasteiger partial charge in [0.25, 0.3) is 0 Å². The molecule has 0 aromatic rings. The van der Waals surface area contributed by atoms with E-state index in [9.17, 15) is 4.79 Å². The largest absolute Gasteiger partial charge is 0.466 e. The second-order valence-electron chi connectivity index (χ2n) is 5.25. The van der Waals surface area contributed by atoms with Crippen molar-refractivity contribution in [2.24, 2.45) is 0 Å². The van der Waals surface area contributed by atoms with Crippen LogP contribution in [0.1, 0.15) is 71.1 Å². The molecule has 0 atom stereocenters. The number of carbonyl (C=O) groups is 1. The topological polar surface area (TPSA) is 26.3 Å². The fourth-order valence-corrected chi connectivity index (χ4v) is 2.12. The van der Waals surface area contributed by atoms with E-state index in [4.69, 9.17) is 0 Å². The summed E-state index contributed by atoms with van der Waals surface area (Å²) in [4.78, 5) is 11.2. The van der Waals surface area contributed by atoms with Gasteiger partial charge in [-0.3, -0.25) is 0 Å². The second kappa shape index (κ2) is 12.0. The van der Waals surface area contributed by atoms with Crippen LogP contribution in [-0.4, -0.2) is 13.1 Å². The molecule has 0 rings (SSSR count). The minimum absolute atomic E-state index is 0.322. The molecule has 0 spiro atoms. The molecule has 0 amide bonds. The maximum atomic E-state index is 11.2. The molecule has 0 heterocycles. The number of hydrogen-bond donors (Lipinski definition) is 0. The number of ether oxygens (including phenoxy) is 1. The number of esters is 1. The van der Waals surface area contributed by atoms with Gasteiger partial charge in [-0.25, -0.2) is 4.79 Å². The first-order valence-corrected chi connectivity index (χ1v) is 7.54. The van der Waals surface area contributed by atoms with Crippen molar-refractivity contribution in [3.8, 4) is 0 Å². The van der Waals surface area contributed by atoms with E-state index in [1.807, 2.05) is 0 Å². The van der Waals surface area contributed by atoms with Crippen molar-refractivity contribution in [1.29, 1.82) is 0 Å². The Bertz CT molecular complexity index is 279. The predicted octanol–water partition coefficient (Wildman–Crippen LogP) is 5.19. The highest BCUT2D eigenvalue weighted by atomic mass is 16.5. The molecule has 0 aliphatic carbocycles. The molecule has 0 radical (unpaired) electrons. The normalized spacial score (nSPS) is 10.2. The quantitative estimate of drug-likeness (QED) is 0.210. The van der Waals surface area contributed by atoms with Gasteiger partial charge in [-0.05, 0) is 19.3 Å². The molecule has 0 bridgehead atoms. The fraction of sp³-hybridized carbons (Fsp3) is 0.706. The molecule has 0 unspecified atom stereocenters. The summed E-state index contributed by atoms with van der Waals surface area (Å²) in [6.45, 7) is 9.96. The number of unbranched alkanes of at least 4 members (excludes halogenated alkanes) is 7. The van der Waals surface area contributed by atoms with Crippen LogP contribution in [0.2, 0.25) is 0 Å². The van der Waals surface area contributed by atoms with Crippen LogP contribution in [0.25, 0.3) is 0 Å². The average molecular weight is 266 g/mol. The molecule has 110 valence electrons. The first kappa shape index (κ1) is 17.9. The molecule has 19 heavy (non-hydrogen) atoms. The van der Waals surface area contributed by atoms with Crippen molar-refractivity contribution in [3.63, 3.8) is 0 Å². The molecule has 0 N–H and O–H groups in total. The maximum Gasteiger partial charge on any atom is 0.333 e. The summed E-state index contributed by atoms with van der Waals surface area (Å²) in [5.74, 6) is -0.322. The zero-order valence-corrected chi connectivity index (χ0v) is 12.8.